The summed E-state index contributed by atoms with van der Waals surface area (Å²) < 4.78 is 1.18. The van der Waals surface area contributed by atoms with E-state index in [0.29, 0.717) is 16.5 Å². The minimum Gasteiger partial charge on any atom is -0.271 e. The van der Waals surface area contributed by atoms with Gasteiger partial charge in [-0.2, -0.15) is 5.01 Å². The number of nitrogens with one attached hydrogen (secondary N) is 1. The van der Waals surface area contributed by atoms with Crippen LogP contribution in [0.3, 0.4) is 0 Å². The van der Waals surface area contributed by atoms with Crippen molar-refractivity contribution in [3.05, 3.63) is 53.9 Å². The van der Waals surface area contributed by atoms with Crippen LogP contribution in [-0.2, 0) is 11.3 Å². The molecule has 2 aromatic carbocycles. The van der Waals surface area contributed by atoms with Crippen LogP contribution < -0.4 is 5.43 Å². The fraction of sp³-hybridized carbons (Fsp3) is 0.0667. The van der Waals surface area contributed by atoms with E-state index in [1.807, 2.05) is 12.1 Å². The summed E-state index contributed by atoms with van der Waals surface area (Å²) >= 11 is 0. The lowest BCUT2D eigenvalue weighted by atomic mass is 9.95. The van der Waals surface area contributed by atoms with Crippen LogP contribution in [0.1, 0.15) is 20.7 Å². The van der Waals surface area contributed by atoms with Gasteiger partial charge >= 0.3 is 0 Å². The molecule has 9 nitrogen and oxygen atoms in total. The Balaban J connectivity index is 1.68. The Morgan fingerprint density at radius 1 is 1.04 bits per heavy atom. The third-order valence-corrected chi connectivity index (χ3v) is 3.71. The van der Waals surface area contributed by atoms with Gasteiger partial charge in [0, 0.05) is 5.39 Å². The van der Waals surface area contributed by atoms with Gasteiger partial charge in [-0.3, -0.25) is 19.8 Å². The maximum Gasteiger partial charge on any atom is 0.280 e. The van der Waals surface area contributed by atoms with Gasteiger partial charge in [0.2, 0.25) is 0 Å². The van der Waals surface area contributed by atoms with E-state index in [9.17, 15) is 14.4 Å². The van der Waals surface area contributed by atoms with Gasteiger partial charge in [-0.1, -0.05) is 24.3 Å². The second kappa shape index (κ2) is 5.23. The van der Waals surface area contributed by atoms with E-state index < -0.39 is 17.7 Å². The Labute approximate surface area is 134 Å². The topological polar surface area (TPSA) is 110 Å². The Morgan fingerprint density at radius 2 is 1.71 bits per heavy atom. The quantitative estimate of drug-likeness (QED) is 0.688. The van der Waals surface area contributed by atoms with Gasteiger partial charge in [0.25, 0.3) is 17.7 Å². The Hall–Kier alpha value is -3.62. The molecule has 0 unspecified atom stereocenters. The number of amides is 3. The van der Waals surface area contributed by atoms with E-state index in [2.05, 4.69) is 21.0 Å². The molecule has 0 aliphatic carbocycles. The van der Waals surface area contributed by atoms with E-state index in [1.54, 1.807) is 24.3 Å². The van der Waals surface area contributed by atoms with Crippen LogP contribution >= 0.6 is 0 Å². The number of nitrogens with zero attached hydrogens (tertiary/aromatic N) is 5. The Morgan fingerprint density at radius 3 is 2.29 bits per heavy atom. The molecule has 0 atom stereocenters. The molecular formula is C15H10N6O3. The molecule has 0 radical (unpaired) electrons. The van der Waals surface area contributed by atoms with Crippen LogP contribution in [-0.4, -0.2) is 42.9 Å². The highest BCUT2D eigenvalue weighted by Crippen LogP contribution is 2.29. The molecular weight excluding hydrogens is 312 g/mol. The number of hydrazine groups is 1. The molecule has 1 aliphatic heterocycles. The van der Waals surface area contributed by atoms with Gasteiger partial charge in [0.15, 0.2) is 0 Å². The largest absolute Gasteiger partial charge is 0.280 e. The predicted octanol–water partition coefficient (Wildman–Crippen LogP) is 0.154. The number of carbonyl (C=O) groups excluding carboxylic acids is 3. The first kappa shape index (κ1) is 14.0. The summed E-state index contributed by atoms with van der Waals surface area (Å²) in [5.74, 6) is -1.74. The van der Waals surface area contributed by atoms with Crippen molar-refractivity contribution >= 4 is 28.5 Å². The molecule has 0 fully saturated rings. The number of carbonyl (C=O) groups is 3. The lowest BCUT2D eigenvalue weighted by molar-refractivity contribution is -0.125. The van der Waals surface area contributed by atoms with Crippen molar-refractivity contribution < 1.29 is 14.4 Å². The van der Waals surface area contributed by atoms with E-state index in [4.69, 9.17) is 0 Å². The van der Waals surface area contributed by atoms with Gasteiger partial charge in [-0.05, 0) is 27.9 Å². The van der Waals surface area contributed by atoms with Crippen LogP contribution in [0.5, 0.6) is 0 Å². The highest BCUT2D eigenvalue weighted by molar-refractivity contribution is 6.25. The fourth-order valence-electron chi connectivity index (χ4n) is 2.69. The minimum absolute atomic E-state index is 0.212. The number of hydrogen-bond acceptors (Lipinski definition) is 6. The van der Waals surface area contributed by atoms with E-state index in [0.717, 1.165) is 10.4 Å². The van der Waals surface area contributed by atoms with Crippen molar-refractivity contribution in [1.82, 2.24) is 30.6 Å². The monoisotopic (exact) mass is 322 g/mol. The zero-order chi connectivity index (χ0) is 16.7. The highest BCUT2D eigenvalue weighted by Gasteiger charge is 2.33. The highest BCUT2D eigenvalue weighted by atomic mass is 16.2. The molecule has 1 aliphatic rings. The third-order valence-electron chi connectivity index (χ3n) is 3.71. The van der Waals surface area contributed by atoms with E-state index in [-0.39, 0.29) is 6.54 Å². The van der Waals surface area contributed by atoms with Gasteiger partial charge in [0.1, 0.15) is 12.9 Å². The number of aromatic nitrogens is 4. The molecule has 2 heterocycles. The van der Waals surface area contributed by atoms with Crippen molar-refractivity contribution in [2.75, 3.05) is 0 Å². The number of tetrazole rings is 1. The van der Waals surface area contributed by atoms with E-state index >= 15 is 0 Å². The van der Waals surface area contributed by atoms with Gasteiger partial charge < -0.3 is 0 Å². The van der Waals surface area contributed by atoms with Crippen LogP contribution in [0.25, 0.3) is 10.8 Å². The number of imide groups is 1. The molecule has 3 amide bonds. The second-order valence-corrected chi connectivity index (χ2v) is 5.20. The summed E-state index contributed by atoms with van der Waals surface area (Å²) in [5.41, 5.74) is 3.05. The van der Waals surface area contributed by atoms with Gasteiger partial charge in [-0.15, -0.1) is 5.10 Å². The summed E-state index contributed by atoms with van der Waals surface area (Å²) in [4.78, 5) is 37.2. The lowest BCUT2D eigenvalue weighted by Gasteiger charge is -2.27. The number of hydrogen-bond donors (Lipinski definition) is 1. The summed E-state index contributed by atoms with van der Waals surface area (Å²) in [7, 11) is 0. The normalized spacial score (nSPS) is 13.4. The maximum atomic E-state index is 12.6. The first-order chi connectivity index (χ1) is 11.6. The average molecular weight is 322 g/mol. The Bertz CT molecular complexity index is 931. The molecule has 1 aromatic heterocycles. The molecule has 118 valence electrons. The predicted molar refractivity (Wildman–Crippen MR) is 80.4 cm³/mol. The number of benzene rings is 2. The molecule has 9 heteroatoms. The lowest BCUT2D eigenvalue weighted by Crippen LogP contribution is -2.52. The van der Waals surface area contributed by atoms with Gasteiger partial charge in [-0.25, -0.2) is 4.68 Å². The van der Waals surface area contributed by atoms with Crippen molar-refractivity contribution in [2.24, 2.45) is 0 Å². The van der Waals surface area contributed by atoms with Crippen LogP contribution in [0.2, 0.25) is 0 Å². The molecule has 24 heavy (non-hydrogen) atoms. The third kappa shape index (κ3) is 2.10. The smallest absolute Gasteiger partial charge is 0.271 e. The average Bonchev–Trinajstić information content (AvgIpc) is 3.09. The zero-order valence-corrected chi connectivity index (χ0v) is 12.2. The molecule has 0 spiro atoms. The van der Waals surface area contributed by atoms with Gasteiger partial charge in [0.05, 0.1) is 11.1 Å². The molecule has 0 bridgehead atoms. The molecule has 0 saturated carbocycles. The van der Waals surface area contributed by atoms with E-state index in [1.165, 1.54) is 11.0 Å². The fourth-order valence-corrected chi connectivity index (χ4v) is 2.69. The SMILES string of the molecule is O=C(Cn1cnnn1)NN1C(=O)c2cccc3cccc(c23)C1=O. The summed E-state index contributed by atoms with van der Waals surface area (Å²) in [6, 6.07) is 10.4. The number of rotatable bonds is 3. The molecule has 0 saturated heterocycles. The molecule has 4 rings (SSSR count). The molecule has 3 aromatic rings. The summed E-state index contributed by atoms with van der Waals surface area (Å²) in [5, 5.41) is 12.5. The van der Waals surface area contributed by atoms with Crippen molar-refractivity contribution in [1.29, 1.82) is 0 Å². The standard InChI is InChI=1S/C15H10N6O3/c22-12(7-20-8-16-18-19-20)17-21-14(23)10-5-1-3-9-4-2-6-11(13(9)10)15(21)24/h1-6,8H,7H2,(H,17,22). The zero-order valence-electron chi connectivity index (χ0n) is 12.2. The first-order valence-corrected chi connectivity index (χ1v) is 7.06. The van der Waals surface area contributed by atoms with Crippen molar-refractivity contribution in [2.45, 2.75) is 6.54 Å². The first-order valence-electron chi connectivity index (χ1n) is 7.06. The minimum atomic E-state index is -0.587. The van der Waals surface area contributed by atoms with Crippen LogP contribution in [0, 0.1) is 0 Å². The summed E-state index contributed by atoms with van der Waals surface area (Å²) in [6.07, 6.45) is 1.26. The van der Waals surface area contributed by atoms with Crippen molar-refractivity contribution in [3.8, 4) is 0 Å². The molecule has 1 N–H and O–H groups in total. The Kier molecular flexibility index (Phi) is 3.05. The van der Waals surface area contributed by atoms with Crippen LogP contribution in [0.4, 0.5) is 0 Å². The van der Waals surface area contributed by atoms with Crippen molar-refractivity contribution in [3.63, 3.8) is 0 Å². The second-order valence-electron chi connectivity index (χ2n) is 5.20. The maximum absolute atomic E-state index is 12.6. The van der Waals surface area contributed by atoms with Crippen LogP contribution in [0.15, 0.2) is 42.7 Å². The summed E-state index contributed by atoms with van der Waals surface area (Å²) in [6.45, 7) is -0.212.